The van der Waals surface area contributed by atoms with Crippen molar-refractivity contribution in [3.63, 3.8) is 0 Å². The standard InChI is InChI=1S/C11H13I3O/c1-11(2,3)8-6(12)5-7(13)10(15-4)9(8)14/h5H,1-4H3. The van der Waals surface area contributed by atoms with Gasteiger partial charge in [-0.1, -0.05) is 20.8 Å². The highest BCUT2D eigenvalue weighted by Gasteiger charge is 2.24. The monoisotopic (exact) mass is 542 g/mol. The molecule has 0 bridgehead atoms. The minimum absolute atomic E-state index is 0.157. The average Bonchev–Trinajstić information content (AvgIpc) is 2.00. The first-order valence-electron chi connectivity index (χ1n) is 4.51. The fourth-order valence-electron chi connectivity index (χ4n) is 1.45. The van der Waals surface area contributed by atoms with Crippen LogP contribution in [0.3, 0.4) is 0 Å². The number of benzene rings is 1. The molecule has 84 valence electrons. The molecule has 0 fully saturated rings. The summed E-state index contributed by atoms with van der Waals surface area (Å²) in [6.07, 6.45) is 0. The summed E-state index contributed by atoms with van der Waals surface area (Å²) in [5.74, 6) is 1.00. The van der Waals surface area contributed by atoms with E-state index in [9.17, 15) is 0 Å². The number of rotatable bonds is 1. The fraction of sp³-hybridized carbons (Fsp3) is 0.455. The van der Waals surface area contributed by atoms with Crippen molar-refractivity contribution in [3.8, 4) is 5.75 Å². The minimum atomic E-state index is 0.157. The molecule has 1 nitrogen and oxygen atoms in total. The van der Waals surface area contributed by atoms with Gasteiger partial charge in [-0.2, -0.15) is 0 Å². The van der Waals surface area contributed by atoms with Crippen LogP contribution in [0, 0.1) is 10.7 Å². The Morgan fingerprint density at radius 3 is 2.00 bits per heavy atom. The molecule has 4 heteroatoms. The first kappa shape index (κ1) is 14.3. The molecule has 1 aromatic rings. The number of hydrogen-bond donors (Lipinski definition) is 0. The van der Waals surface area contributed by atoms with Gasteiger partial charge in [0.1, 0.15) is 5.75 Å². The molecule has 15 heavy (non-hydrogen) atoms. The normalized spacial score (nSPS) is 11.7. The van der Waals surface area contributed by atoms with Crippen LogP contribution in [-0.4, -0.2) is 7.11 Å². The third kappa shape index (κ3) is 3.11. The molecule has 0 heterocycles. The molecule has 0 aliphatic carbocycles. The molecule has 0 saturated heterocycles. The van der Waals surface area contributed by atoms with Crippen molar-refractivity contribution >= 4 is 67.8 Å². The van der Waals surface area contributed by atoms with Crippen molar-refractivity contribution in [2.24, 2.45) is 0 Å². The molecule has 0 aliphatic rings. The Morgan fingerprint density at radius 2 is 1.60 bits per heavy atom. The van der Waals surface area contributed by atoms with Gasteiger partial charge in [-0.15, -0.1) is 0 Å². The van der Waals surface area contributed by atoms with Gasteiger partial charge in [-0.25, -0.2) is 0 Å². The van der Waals surface area contributed by atoms with E-state index in [1.54, 1.807) is 7.11 Å². The third-order valence-corrected chi connectivity index (χ3v) is 4.76. The second-order valence-corrected chi connectivity index (χ2v) is 7.72. The summed E-state index contributed by atoms with van der Waals surface area (Å²) in [6.45, 7) is 6.71. The molecule has 1 rings (SSSR count). The third-order valence-electron chi connectivity index (χ3n) is 2.08. The number of methoxy groups -OCH3 is 1. The van der Waals surface area contributed by atoms with Crippen molar-refractivity contribution in [1.82, 2.24) is 0 Å². The molecular formula is C11H13I3O. The molecule has 0 saturated carbocycles. The van der Waals surface area contributed by atoms with E-state index in [1.807, 2.05) is 0 Å². The lowest BCUT2D eigenvalue weighted by molar-refractivity contribution is 0.406. The summed E-state index contributed by atoms with van der Waals surface area (Å²) >= 11 is 7.11. The highest BCUT2D eigenvalue weighted by atomic mass is 127. The van der Waals surface area contributed by atoms with E-state index in [0.29, 0.717) is 0 Å². The zero-order chi connectivity index (χ0) is 11.8. The molecule has 1 aromatic carbocycles. The lowest BCUT2D eigenvalue weighted by Crippen LogP contribution is -2.16. The summed E-state index contributed by atoms with van der Waals surface area (Å²) in [7, 11) is 1.74. The summed E-state index contributed by atoms with van der Waals surface area (Å²) in [4.78, 5) is 0. The van der Waals surface area contributed by atoms with E-state index in [-0.39, 0.29) is 5.41 Å². The van der Waals surface area contributed by atoms with Crippen LogP contribution in [-0.2, 0) is 5.41 Å². The van der Waals surface area contributed by atoms with E-state index in [2.05, 4.69) is 94.6 Å². The van der Waals surface area contributed by atoms with Crippen molar-refractivity contribution in [2.75, 3.05) is 7.11 Å². The number of ether oxygens (including phenoxy) is 1. The van der Waals surface area contributed by atoms with Crippen LogP contribution in [0.4, 0.5) is 0 Å². The first-order valence-corrected chi connectivity index (χ1v) is 7.74. The van der Waals surface area contributed by atoms with Gasteiger partial charge in [0.2, 0.25) is 0 Å². The minimum Gasteiger partial charge on any atom is -0.495 e. The van der Waals surface area contributed by atoms with Crippen LogP contribution in [0.5, 0.6) is 5.75 Å². The molecule has 0 spiro atoms. The van der Waals surface area contributed by atoms with Gasteiger partial charge in [-0.3, -0.25) is 0 Å². The summed E-state index contributed by atoms with van der Waals surface area (Å²) in [5, 5.41) is 0. The molecule has 0 N–H and O–H groups in total. The maximum absolute atomic E-state index is 5.45. The van der Waals surface area contributed by atoms with E-state index in [4.69, 9.17) is 4.74 Å². The second kappa shape index (κ2) is 5.24. The van der Waals surface area contributed by atoms with Crippen LogP contribution >= 0.6 is 67.8 Å². The van der Waals surface area contributed by atoms with Crippen molar-refractivity contribution in [3.05, 3.63) is 22.3 Å². The lowest BCUT2D eigenvalue weighted by Gasteiger charge is -2.24. The largest absolute Gasteiger partial charge is 0.495 e. The smallest absolute Gasteiger partial charge is 0.145 e. The van der Waals surface area contributed by atoms with Gasteiger partial charge in [0, 0.05) is 3.57 Å². The highest BCUT2D eigenvalue weighted by molar-refractivity contribution is 14.1. The average molecular weight is 542 g/mol. The Kier molecular flexibility index (Phi) is 4.99. The Balaban J connectivity index is 3.53. The van der Waals surface area contributed by atoms with Crippen LogP contribution in [0.15, 0.2) is 6.07 Å². The zero-order valence-corrected chi connectivity index (χ0v) is 15.6. The molecule has 0 amide bonds. The summed E-state index contributed by atoms with van der Waals surface area (Å²) < 4.78 is 9.18. The topological polar surface area (TPSA) is 9.23 Å². The first-order chi connectivity index (χ1) is 6.79. The molecular weight excluding hydrogens is 529 g/mol. The number of halogens is 3. The van der Waals surface area contributed by atoms with Crippen LogP contribution in [0.25, 0.3) is 0 Å². The fourth-order valence-corrected chi connectivity index (χ4v) is 6.88. The van der Waals surface area contributed by atoms with E-state index in [0.717, 1.165) is 5.75 Å². The SMILES string of the molecule is COc1c(I)cc(I)c(C(C)(C)C)c1I. The molecule has 0 atom stereocenters. The molecule has 0 radical (unpaired) electrons. The molecule has 0 aliphatic heterocycles. The predicted molar refractivity (Wildman–Crippen MR) is 89.8 cm³/mol. The van der Waals surface area contributed by atoms with Crippen molar-refractivity contribution in [1.29, 1.82) is 0 Å². The Bertz CT molecular complexity index is 380. The predicted octanol–water partition coefficient (Wildman–Crippen LogP) is 4.81. The van der Waals surface area contributed by atoms with E-state index in [1.165, 1.54) is 16.3 Å². The van der Waals surface area contributed by atoms with Crippen LogP contribution in [0.1, 0.15) is 26.3 Å². The van der Waals surface area contributed by atoms with Crippen LogP contribution < -0.4 is 4.74 Å². The Labute approximate surface area is 132 Å². The number of hydrogen-bond acceptors (Lipinski definition) is 1. The summed E-state index contributed by atoms with van der Waals surface area (Å²) in [6, 6.07) is 2.18. The Morgan fingerprint density at radius 1 is 1.07 bits per heavy atom. The zero-order valence-electron chi connectivity index (χ0n) is 9.12. The summed E-state index contributed by atoms with van der Waals surface area (Å²) in [5.41, 5.74) is 1.53. The quantitative estimate of drug-likeness (QED) is 0.464. The van der Waals surface area contributed by atoms with E-state index < -0.39 is 0 Å². The van der Waals surface area contributed by atoms with Crippen molar-refractivity contribution < 1.29 is 4.74 Å². The van der Waals surface area contributed by atoms with Gasteiger partial charge >= 0.3 is 0 Å². The van der Waals surface area contributed by atoms with Gasteiger partial charge in [0.05, 0.1) is 14.3 Å². The maximum atomic E-state index is 5.45. The maximum Gasteiger partial charge on any atom is 0.145 e. The highest BCUT2D eigenvalue weighted by Crippen LogP contribution is 2.39. The van der Waals surface area contributed by atoms with Gasteiger partial charge in [0.25, 0.3) is 0 Å². The van der Waals surface area contributed by atoms with Gasteiger partial charge < -0.3 is 4.74 Å². The lowest BCUT2D eigenvalue weighted by atomic mass is 9.87. The van der Waals surface area contributed by atoms with Crippen molar-refractivity contribution in [2.45, 2.75) is 26.2 Å². The molecule has 0 aromatic heterocycles. The Hall–Kier alpha value is 1.21. The molecule has 0 unspecified atom stereocenters. The van der Waals surface area contributed by atoms with Gasteiger partial charge in [0.15, 0.2) is 0 Å². The van der Waals surface area contributed by atoms with Crippen LogP contribution in [0.2, 0.25) is 0 Å². The van der Waals surface area contributed by atoms with Gasteiger partial charge in [-0.05, 0) is 84.8 Å². The second-order valence-electron chi connectivity index (χ2n) is 4.31. The van der Waals surface area contributed by atoms with E-state index >= 15 is 0 Å².